The fourth-order valence-corrected chi connectivity index (χ4v) is 3.05. The molecular weight excluding hydrogens is 188 g/mol. The molecule has 0 aromatic rings. The molecule has 1 N–H and O–H groups in total. The van der Waals surface area contributed by atoms with Gasteiger partial charge in [0.05, 0.1) is 0 Å². The van der Waals surface area contributed by atoms with Crippen molar-refractivity contribution in [2.45, 2.75) is 26.2 Å². The van der Waals surface area contributed by atoms with Crippen LogP contribution < -0.4 is 5.32 Å². The van der Waals surface area contributed by atoms with Crippen LogP contribution in [0.15, 0.2) is 0 Å². The van der Waals surface area contributed by atoms with E-state index >= 15 is 0 Å². The van der Waals surface area contributed by atoms with E-state index in [9.17, 15) is 4.79 Å². The highest BCUT2D eigenvalue weighted by Crippen LogP contribution is 2.33. The van der Waals surface area contributed by atoms with Crippen LogP contribution in [0, 0.1) is 17.8 Å². The van der Waals surface area contributed by atoms with Gasteiger partial charge in [0.15, 0.2) is 0 Å². The molecule has 2 unspecified atom stereocenters. The van der Waals surface area contributed by atoms with Crippen molar-refractivity contribution in [2.75, 3.05) is 26.7 Å². The third-order valence-corrected chi connectivity index (χ3v) is 4.09. The first-order chi connectivity index (χ1) is 7.18. The maximum Gasteiger partial charge on any atom is 0.223 e. The minimum atomic E-state index is 0.285. The van der Waals surface area contributed by atoms with Crippen molar-refractivity contribution in [1.82, 2.24) is 10.2 Å². The number of amides is 1. The summed E-state index contributed by atoms with van der Waals surface area (Å²) in [6.07, 6.45) is 3.54. The van der Waals surface area contributed by atoms with Gasteiger partial charge in [0.25, 0.3) is 0 Å². The van der Waals surface area contributed by atoms with Crippen molar-refractivity contribution >= 4 is 5.91 Å². The number of carbonyl (C=O) groups is 1. The molecule has 2 saturated heterocycles. The standard InChI is InChI=1S/C12H22N2O/c1-9-3-6-13-12(15)11(9)10-4-7-14(2)8-5-10/h9-11H,3-8H2,1-2H3,(H,13,15). The van der Waals surface area contributed by atoms with E-state index in [1.165, 1.54) is 12.8 Å². The summed E-state index contributed by atoms with van der Waals surface area (Å²) in [5.74, 6) is 1.79. The molecule has 0 saturated carbocycles. The van der Waals surface area contributed by atoms with E-state index in [2.05, 4.69) is 24.2 Å². The molecule has 0 aromatic carbocycles. The van der Waals surface area contributed by atoms with Gasteiger partial charge in [0.2, 0.25) is 5.91 Å². The number of nitrogens with one attached hydrogen (secondary N) is 1. The van der Waals surface area contributed by atoms with Crippen LogP contribution in [0.25, 0.3) is 0 Å². The van der Waals surface area contributed by atoms with E-state index in [1.807, 2.05) is 0 Å². The maximum absolute atomic E-state index is 11.9. The Morgan fingerprint density at radius 1 is 1.27 bits per heavy atom. The number of carbonyl (C=O) groups excluding carboxylic acids is 1. The fourth-order valence-electron chi connectivity index (χ4n) is 3.05. The number of hydrogen-bond donors (Lipinski definition) is 1. The van der Waals surface area contributed by atoms with Crippen LogP contribution in [0.1, 0.15) is 26.2 Å². The van der Waals surface area contributed by atoms with Crippen LogP contribution in [0.4, 0.5) is 0 Å². The van der Waals surface area contributed by atoms with Crippen LogP contribution in [-0.4, -0.2) is 37.5 Å². The van der Waals surface area contributed by atoms with Crippen molar-refractivity contribution < 1.29 is 4.79 Å². The van der Waals surface area contributed by atoms with E-state index in [0.717, 1.165) is 26.1 Å². The largest absolute Gasteiger partial charge is 0.356 e. The van der Waals surface area contributed by atoms with Crippen molar-refractivity contribution in [1.29, 1.82) is 0 Å². The molecule has 0 aliphatic carbocycles. The van der Waals surface area contributed by atoms with Gasteiger partial charge in [-0.25, -0.2) is 0 Å². The lowest BCUT2D eigenvalue weighted by Gasteiger charge is -2.38. The molecule has 0 radical (unpaired) electrons. The Balaban J connectivity index is 1.98. The van der Waals surface area contributed by atoms with E-state index in [4.69, 9.17) is 0 Å². The molecule has 0 spiro atoms. The Morgan fingerprint density at radius 3 is 2.53 bits per heavy atom. The Morgan fingerprint density at radius 2 is 1.93 bits per heavy atom. The molecule has 2 rings (SSSR count). The van der Waals surface area contributed by atoms with Gasteiger partial charge in [-0.3, -0.25) is 4.79 Å². The first-order valence-corrected chi connectivity index (χ1v) is 6.14. The van der Waals surface area contributed by atoms with Crippen LogP contribution in [0.2, 0.25) is 0 Å². The number of nitrogens with zero attached hydrogens (tertiary/aromatic N) is 1. The van der Waals surface area contributed by atoms with Crippen molar-refractivity contribution in [3.63, 3.8) is 0 Å². The van der Waals surface area contributed by atoms with Gasteiger partial charge in [0.1, 0.15) is 0 Å². The zero-order valence-electron chi connectivity index (χ0n) is 9.83. The van der Waals surface area contributed by atoms with E-state index in [-0.39, 0.29) is 5.92 Å². The summed E-state index contributed by atoms with van der Waals surface area (Å²) in [5.41, 5.74) is 0. The minimum absolute atomic E-state index is 0.285. The summed E-state index contributed by atoms with van der Waals surface area (Å²) >= 11 is 0. The number of likely N-dealkylation sites (tertiary alicyclic amines) is 1. The van der Waals surface area contributed by atoms with Gasteiger partial charge in [-0.1, -0.05) is 6.92 Å². The molecule has 2 heterocycles. The van der Waals surface area contributed by atoms with Crippen molar-refractivity contribution in [2.24, 2.45) is 17.8 Å². The summed E-state index contributed by atoms with van der Waals surface area (Å²) in [4.78, 5) is 14.2. The smallest absolute Gasteiger partial charge is 0.223 e. The molecule has 3 heteroatoms. The minimum Gasteiger partial charge on any atom is -0.356 e. The highest BCUT2D eigenvalue weighted by molar-refractivity contribution is 5.80. The van der Waals surface area contributed by atoms with Crippen LogP contribution in [-0.2, 0) is 4.79 Å². The van der Waals surface area contributed by atoms with Gasteiger partial charge < -0.3 is 10.2 Å². The lowest BCUT2D eigenvalue weighted by Crippen LogP contribution is -2.47. The molecule has 2 aliphatic heterocycles. The Labute approximate surface area is 92.2 Å². The molecule has 0 bridgehead atoms. The second-order valence-corrected chi connectivity index (χ2v) is 5.22. The average molecular weight is 210 g/mol. The molecule has 2 atom stereocenters. The SMILES string of the molecule is CC1CCNC(=O)C1C1CCN(C)CC1. The van der Waals surface area contributed by atoms with Gasteiger partial charge in [-0.05, 0) is 51.2 Å². The van der Waals surface area contributed by atoms with Crippen LogP contribution in [0.3, 0.4) is 0 Å². The van der Waals surface area contributed by atoms with Crippen molar-refractivity contribution in [3.8, 4) is 0 Å². The van der Waals surface area contributed by atoms with E-state index in [1.54, 1.807) is 0 Å². The average Bonchev–Trinajstić information content (AvgIpc) is 2.20. The van der Waals surface area contributed by atoms with Gasteiger partial charge in [0, 0.05) is 12.5 Å². The highest BCUT2D eigenvalue weighted by Gasteiger charge is 2.36. The normalized spacial score (nSPS) is 35.2. The fraction of sp³-hybridized carbons (Fsp3) is 0.917. The first-order valence-electron chi connectivity index (χ1n) is 6.14. The van der Waals surface area contributed by atoms with E-state index < -0.39 is 0 Å². The van der Waals surface area contributed by atoms with Gasteiger partial charge in [-0.15, -0.1) is 0 Å². The summed E-state index contributed by atoms with van der Waals surface area (Å²) in [7, 11) is 2.17. The second kappa shape index (κ2) is 4.52. The molecule has 86 valence electrons. The third kappa shape index (κ3) is 2.33. The molecular formula is C12H22N2O. The molecule has 2 fully saturated rings. The molecule has 1 amide bonds. The summed E-state index contributed by atoms with van der Waals surface area (Å²) in [6.45, 7) is 5.42. The first kappa shape index (κ1) is 10.9. The molecule has 0 aromatic heterocycles. The molecule has 3 nitrogen and oxygen atoms in total. The predicted octanol–water partition coefficient (Wildman–Crippen LogP) is 1.10. The lowest BCUT2D eigenvalue weighted by atomic mass is 9.74. The second-order valence-electron chi connectivity index (χ2n) is 5.22. The van der Waals surface area contributed by atoms with Crippen LogP contribution >= 0.6 is 0 Å². The number of piperidine rings is 2. The number of hydrogen-bond acceptors (Lipinski definition) is 2. The Hall–Kier alpha value is -0.570. The topological polar surface area (TPSA) is 32.3 Å². The summed E-state index contributed by atoms with van der Waals surface area (Å²) in [5, 5.41) is 3.02. The Bertz CT molecular complexity index is 234. The summed E-state index contributed by atoms with van der Waals surface area (Å²) < 4.78 is 0. The quantitative estimate of drug-likeness (QED) is 0.703. The molecule has 15 heavy (non-hydrogen) atoms. The van der Waals surface area contributed by atoms with Gasteiger partial charge in [-0.2, -0.15) is 0 Å². The Kier molecular flexibility index (Phi) is 3.29. The van der Waals surface area contributed by atoms with Gasteiger partial charge >= 0.3 is 0 Å². The van der Waals surface area contributed by atoms with Crippen LogP contribution in [0.5, 0.6) is 0 Å². The third-order valence-electron chi connectivity index (χ3n) is 4.09. The summed E-state index contributed by atoms with van der Waals surface area (Å²) in [6, 6.07) is 0. The molecule has 2 aliphatic rings. The predicted molar refractivity (Wildman–Crippen MR) is 60.5 cm³/mol. The zero-order valence-corrected chi connectivity index (χ0v) is 9.83. The lowest BCUT2D eigenvalue weighted by molar-refractivity contribution is -0.131. The number of rotatable bonds is 1. The highest BCUT2D eigenvalue weighted by atomic mass is 16.2. The van der Waals surface area contributed by atoms with Crippen molar-refractivity contribution in [3.05, 3.63) is 0 Å². The monoisotopic (exact) mass is 210 g/mol. The van der Waals surface area contributed by atoms with E-state index in [0.29, 0.717) is 17.7 Å². The zero-order chi connectivity index (χ0) is 10.8. The maximum atomic E-state index is 11.9.